The van der Waals surface area contributed by atoms with Crippen molar-refractivity contribution in [2.24, 2.45) is 0 Å². The smallest absolute Gasteiger partial charge is 0.0712 e. The van der Waals surface area contributed by atoms with E-state index in [0.717, 1.165) is 32.1 Å². The van der Waals surface area contributed by atoms with E-state index in [9.17, 15) is 5.11 Å². The number of methoxy groups -OCH3 is 1. The molecular formula is C16H24O2. The second-order valence-electron chi connectivity index (χ2n) is 5.77. The van der Waals surface area contributed by atoms with Gasteiger partial charge in [-0.05, 0) is 49.8 Å². The van der Waals surface area contributed by atoms with Gasteiger partial charge in [0.2, 0.25) is 0 Å². The van der Waals surface area contributed by atoms with Crippen molar-refractivity contribution >= 4 is 0 Å². The Kier molecular flexibility index (Phi) is 4.08. The fourth-order valence-corrected chi connectivity index (χ4v) is 2.94. The Bertz CT molecular complexity index is 414. The van der Waals surface area contributed by atoms with Crippen LogP contribution >= 0.6 is 0 Å². The number of aliphatic hydroxyl groups is 1. The summed E-state index contributed by atoms with van der Waals surface area (Å²) in [6.45, 7) is 4.25. The van der Waals surface area contributed by atoms with E-state index >= 15 is 0 Å². The summed E-state index contributed by atoms with van der Waals surface area (Å²) in [5.74, 6) is 0. The van der Waals surface area contributed by atoms with Gasteiger partial charge in [-0.1, -0.05) is 18.2 Å². The molecule has 1 aliphatic carbocycles. The van der Waals surface area contributed by atoms with Gasteiger partial charge in [-0.25, -0.2) is 0 Å². The Morgan fingerprint density at radius 3 is 2.78 bits per heavy atom. The Hall–Kier alpha value is -0.860. The van der Waals surface area contributed by atoms with E-state index < -0.39 is 5.60 Å². The molecule has 1 N–H and O–H groups in total. The lowest BCUT2D eigenvalue weighted by molar-refractivity contribution is -0.0581. The molecule has 0 amide bonds. The zero-order valence-corrected chi connectivity index (χ0v) is 11.7. The van der Waals surface area contributed by atoms with Gasteiger partial charge in [0.25, 0.3) is 0 Å². The molecule has 2 unspecified atom stereocenters. The molecule has 1 aliphatic rings. The molecule has 0 aliphatic heterocycles. The van der Waals surface area contributed by atoms with Crippen LogP contribution in [-0.2, 0) is 11.2 Å². The minimum Gasteiger partial charge on any atom is -0.389 e. The van der Waals surface area contributed by atoms with Crippen molar-refractivity contribution in [3.05, 3.63) is 34.9 Å². The van der Waals surface area contributed by atoms with E-state index in [4.69, 9.17) is 4.74 Å². The lowest BCUT2D eigenvalue weighted by atomic mass is 9.79. The fourth-order valence-electron chi connectivity index (χ4n) is 2.94. The minimum atomic E-state index is -0.583. The van der Waals surface area contributed by atoms with Crippen LogP contribution in [-0.4, -0.2) is 23.9 Å². The van der Waals surface area contributed by atoms with Gasteiger partial charge in [-0.15, -0.1) is 0 Å². The zero-order chi connectivity index (χ0) is 13.2. The minimum absolute atomic E-state index is 0.218. The quantitative estimate of drug-likeness (QED) is 0.890. The average molecular weight is 248 g/mol. The van der Waals surface area contributed by atoms with Gasteiger partial charge in [0.1, 0.15) is 0 Å². The van der Waals surface area contributed by atoms with Gasteiger partial charge < -0.3 is 9.84 Å². The third-order valence-corrected chi connectivity index (χ3v) is 4.21. The first-order valence-electron chi connectivity index (χ1n) is 6.84. The van der Waals surface area contributed by atoms with E-state index in [1.54, 1.807) is 7.11 Å². The SMILES string of the molecule is COC1CCCC(O)(Cc2ccc(C)c(C)c2)C1. The third-order valence-electron chi connectivity index (χ3n) is 4.21. The first-order valence-corrected chi connectivity index (χ1v) is 6.84. The molecule has 0 bridgehead atoms. The summed E-state index contributed by atoms with van der Waals surface area (Å²) >= 11 is 0. The lowest BCUT2D eigenvalue weighted by Gasteiger charge is -2.36. The summed E-state index contributed by atoms with van der Waals surface area (Å²) in [6.07, 6.45) is 4.74. The van der Waals surface area contributed by atoms with Gasteiger partial charge in [-0.2, -0.15) is 0 Å². The predicted molar refractivity (Wildman–Crippen MR) is 73.8 cm³/mol. The van der Waals surface area contributed by atoms with Gasteiger partial charge in [0.05, 0.1) is 11.7 Å². The highest BCUT2D eigenvalue weighted by atomic mass is 16.5. The van der Waals surface area contributed by atoms with Crippen LogP contribution in [0.15, 0.2) is 18.2 Å². The fraction of sp³-hybridized carbons (Fsp3) is 0.625. The van der Waals surface area contributed by atoms with Gasteiger partial charge >= 0.3 is 0 Å². The zero-order valence-electron chi connectivity index (χ0n) is 11.7. The van der Waals surface area contributed by atoms with Crippen molar-refractivity contribution in [1.82, 2.24) is 0 Å². The highest BCUT2D eigenvalue weighted by Gasteiger charge is 2.34. The molecule has 1 saturated carbocycles. The Morgan fingerprint density at radius 2 is 2.11 bits per heavy atom. The van der Waals surface area contributed by atoms with Gasteiger partial charge in [-0.3, -0.25) is 0 Å². The molecule has 2 heteroatoms. The first-order chi connectivity index (χ1) is 8.52. The molecule has 2 atom stereocenters. The molecule has 100 valence electrons. The summed E-state index contributed by atoms with van der Waals surface area (Å²) < 4.78 is 5.41. The molecule has 0 heterocycles. The van der Waals surface area contributed by atoms with Crippen LogP contribution in [0.5, 0.6) is 0 Å². The molecule has 1 aromatic carbocycles. The summed E-state index contributed by atoms with van der Waals surface area (Å²) in [7, 11) is 1.74. The first kappa shape index (κ1) is 13.6. The number of benzene rings is 1. The van der Waals surface area contributed by atoms with E-state index in [1.165, 1.54) is 16.7 Å². The van der Waals surface area contributed by atoms with Gasteiger partial charge in [0, 0.05) is 20.0 Å². The molecular weight excluding hydrogens is 224 g/mol. The average Bonchev–Trinajstić information content (AvgIpc) is 2.33. The monoisotopic (exact) mass is 248 g/mol. The molecule has 1 fully saturated rings. The third kappa shape index (κ3) is 3.12. The second-order valence-corrected chi connectivity index (χ2v) is 5.77. The second kappa shape index (κ2) is 5.41. The normalized spacial score (nSPS) is 28.3. The highest BCUT2D eigenvalue weighted by molar-refractivity contribution is 5.30. The van der Waals surface area contributed by atoms with Crippen LogP contribution in [0.25, 0.3) is 0 Å². The van der Waals surface area contributed by atoms with E-state index in [0.29, 0.717) is 0 Å². The van der Waals surface area contributed by atoms with Crippen LogP contribution in [0.3, 0.4) is 0 Å². The summed E-state index contributed by atoms with van der Waals surface area (Å²) in [4.78, 5) is 0. The number of ether oxygens (including phenoxy) is 1. The van der Waals surface area contributed by atoms with Crippen LogP contribution in [0.4, 0.5) is 0 Å². The van der Waals surface area contributed by atoms with Crippen LogP contribution < -0.4 is 0 Å². The maximum atomic E-state index is 10.7. The molecule has 0 saturated heterocycles. The van der Waals surface area contributed by atoms with Crippen molar-refractivity contribution in [2.75, 3.05) is 7.11 Å². The van der Waals surface area contributed by atoms with Crippen molar-refractivity contribution in [3.8, 4) is 0 Å². The number of rotatable bonds is 3. The predicted octanol–water partition coefficient (Wildman–Crippen LogP) is 3.17. The molecule has 0 aromatic heterocycles. The largest absolute Gasteiger partial charge is 0.389 e. The van der Waals surface area contributed by atoms with Gasteiger partial charge in [0.15, 0.2) is 0 Å². The molecule has 2 nitrogen and oxygen atoms in total. The molecule has 1 aromatic rings. The van der Waals surface area contributed by atoms with Crippen LogP contribution in [0.2, 0.25) is 0 Å². The van der Waals surface area contributed by atoms with Crippen LogP contribution in [0, 0.1) is 13.8 Å². The van der Waals surface area contributed by atoms with E-state index in [1.807, 2.05) is 0 Å². The number of hydrogen-bond acceptors (Lipinski definition) is 2. The standard InChI is InChI=1S/C16H24O2/c1-12-6-7-14(9-13(12)2)10-16(17)8-4-5-15(11-16)18-3/h6-7,9,15,17H,4-5,8,10-11H2,1-3H3. The van der Waals surface area contributed by atoms with E-state index in [2.05, 4.69) is 32.0 Å². The van der Waals surface area contributed by atoms with Crippen molar-refractivity contribution in [3.63, 3.8) is 0 Å². The number of aryl methyl sites for hydroxylation is 2. The molecule has 0 spiro atoms. The maximum Gasteiger partial charge on any atom is 0.0712 e. The Labute approximate surface area is 110 Å². The molecule has 0 radical (unpaired) electrons. The summed E-state index contributed by atoms with van der Waals surface area (Å²) in [5, 5.41) is 10.7. The van der Waals surface area contributed by atoms with E-state index in [-0.39, 0.29) is 6.10 Å². The Balaban J connectivity index is 2.09. The lowest BCUT2D eigenvalue weighted by Crippen LogP contribution is -2.40. The molecule has 18 heavy (non-hydrogen) atoms. The van der Waals surface area contributed by atoms with Crippen LogP contribution in [0.1, 0.15) is 42.4 Å². The number of hydrogen-bond donors (Lipinski definition) is 1. The molecule has 2 rings (SSSR count). The van der Waals surface area contributed by atoms with Crippen molar-refractivity contribution in [2.45, 2.75) is 57.7 Å². The maximum absolute atomic E-state index is 10.7. The highest BCUT2D eigenvalue weighted by Crippen LogP contribution is 2.33. The van der Waals surface area contributed by atoms with Crippen molar-refractivity contribution in [1.29, 1.82) is 0 Å². The Morgan fingerprint density at radius 1 is 1.33 bits per heavy atom. The topological polar surface area (TPSA) is 29.5 Å². The summed E-state index contributed by atoms with van der Waals surface area (Å²) in [6, 6.07) is 6.48. The summed E-state index contributed by atoms with van der Waals surface area (Å²) in [5.41, 5.74) is 3.26. The van der Waals surface area contributed by atoms with Crippen molar-refractivity contribution < 1.29 is 9.84 Å².